The van der Waals surface area contributed by atoms with Gasteiger partial charge in [-0.1, -0.05) is 30.3 Å². The van der Waals surface area contributed by atoms with Crippen LogP contribution in [0.15, 0.2) is 48.5 Å². The van der Waals surface area contributed by atoms with Crippen LogP contribution in [0.3, 0.4) is 0 Å². The van der Waals surface area contributed by atoms with Crippen molar-refractivity contribution in [2.75, 3.05) is 18.9 Å². The molecule has 25 heavy (non-hydrogen) atoms. The zero-order chi connectivity index (χ0) is 16.8. The predicted octanol–water partition coefficient (Wildman–Crippen LogP) is 3.90. The molecular formula is C20H25ClN2O2. The highest BCUT2D eigenvalue weighted by Crippen LogP contribution is 2.32. The number of fused-ring (bicyclic) bond motifs is 1. The van der Waals surface area contributed by atoms with Gasteiger partial charge in [-0.15, -0.1) is 12.4 Å². The van der Waals surface area contributed by atoms with Crippen molar-refractivity contribution in [2.24, 2.45) is 0 Å². The van der Waals surface area contributed by atoms with E-state index in [-0.39, 0.29) is 24.4 Å². The van der Waals surface area contributed by atoms with E-state index in [0.29, 0.717) is 24.4 Å². The Kier molecular flexibility index (Phi) is 7.29. The highest BCUT2D eigenvalue weighted by Gasteiger charge is 2.19. The number of anilines is 1. The van der Waals surface area contributed by atoms with Gasteiger partial charge in [0.1, 0.15) is 0 Å². The van der Waals surface area contributed by atoms with Crippen molar-refractivity contribution in [1.29, 1.82) is 0 Å². The Bertz CT molecular complexity index is 706. The van der Waals surface area contributed by atoms with E-state index in [1.54, 1.807) is 24.3 Å². The first kappa shape index (κ1) is 19.3. The van der Waals surface area contributed by atoms with Gasteiger partial charge in [0, 0.05) is 24.4 Å². The lowest BCUT2D eigenvalue weighted by molar-refractivity contribution is 0.0393. The molecule has 0 radical (unpaired) electrons. The van der Waals surface area contributed by atoms with Gasteiger partial charge in [-0.2, -0.15) is 0 Å². The van der Waals surface area contributed by atoms with Gasteiger partial charge in [0.25, 0.3) is 5.91 Å². The highest BCUT2D eigenvalue weighted by molar-refractivity contribution is 5.94. The molecule has 2 aromatic carbocycles. The number of carbonyl (C=O) groups is 1. The first-order valence-corrected chi connectivity index (χ1v) is 8.57. The van der Waals surface area contributed by atoms with Crippen LogP contribution in [0.4, 0.5) is 5.69 Å². The summed E-state index contributed by atoms with van der Waals surface area (Å²) in [6.45, 7) is 1.25. The van der Waals surface area contributed by atoms with Gasteiger partial charge in [-0.05, 0) is 55.0 Å². The lowest BCUT2D eigenvalue weighted by Gasteiger charge is -2.25. The van der Waals surface area contributed by atoms with Crippen LogP contribution in [0.25, 0.3) is 0 Å². The number of nitrogen functional groups attached to an aromatic ring is 1. The summed E-state index contributed by atoms with van der Waals surface area (Å²) in [5.41, 5.74) is 9.62. The second kappa shape index (κ2) is 9.44. The molecule has 1 amide bonds. The topological polar surface area (TPSA) is 64.4 Å². The molecule has 0 aromatic heterocycles. The summed E-state index contributed by atoms with van der Waals surface area (Å²) in [7, 11) is 0. The Hall–Kier alpha value is -2.04. The van der Waals surface area contributed by atoms with E-state index < -0.39 is 0 Å². The van der Waals surface area contributed by atoms with Gasteiger partial charge in [0.05, 0.1) is 6.10 Å². The molecule has 134 valence electrons. The number of rotatable bonds is 6. The van der Waals surface area contributed by atoms with Crippen LogP contribution < -0.4 is 11.1 Å². The van der Waals surface area contributed by atoms with Crippen LogP contribution >= 0.6 is 12.4 Å². The van der Waals surface area contributed by atoms with E-state index in [4.69, 9.17) is 10.5 Å². The number of nitrogens with one attached hydrogen (secondary N) is 1. The van der Waals surface area contributed by atoms with E-state index in [1.807, 2.05) is 0 Å². The molecule has 0 heterocycles. The molecule has 4 nitrogen and oxygen atoms in total. The quantitative estimate of drug-likeness (QED) is 0.606. The van der Waals surface area contributed by atoms with Crippen LogP contribution in [0.5, 0.6) is 0 Å². The first-order valence-electron chi connectivity index (χ1n) is 8.57. The number of benzene rings is 2. The monoisotopic (exact) mass is 360 g/mol. The zero-order valence-corrected chi connectivity index (χ0v) is 15.1. The molecule has 5 heteroatoms. The van der Waals surface area contributed by atoms with E-state index in [2.05, 4.69) is 29.6 Å². The van der Waals surface area contributed by atoms with Crippen molar-refractivity contribution >= 4 is 24.0 Å². The second-order valence-corrected chi connectivity index (χ2v) is 6.19. The maximum Gasteiger partial charge on any atom is 0.251 e. The average Bonchev–Trinajstić information content (AvgIpc) is 2.61. The highest BCUT2D eigenvalue weighted by atomic mass is 35.5. The van der Waals surface area contributed by atoms with Gasteiger partial charge in [-0.25, -0.2) is 0 Å². The third-order valence-electron chi connectivity index (χ3n) is 4.39. The summed E-state index contributed by atoms with van der Waals surface area (Å²) in [4.78, 5) is 12.0. The van der Waals surface area contributed by atoms with Crippen LogP contribution in [-0.4, -0.2) is 19.1 Å². The van der Waals surface area contributed by atoms with E-state index in [0.717, 1.165) is 19.3 Å². The number of halogens is 1. The molecule has 1 unspecified atom stereocenters. The minimum atomic E-state index is -0.0923. The summed E-state index contributed by atoms with van der Waals surface area (Å²) in [6.07, 6.45) is 4.39. The Morgan fingerprint density at radius 3 is 2.88 bits per heavy atom. The van der Waals surface area contributed by atoms with Crippen molar-refractivity contribution in [3.05, 3.63) is 65.2 Å². The Morgan fingerprint density at radius 2 is 2.04 bits per heavy atom. The molecule has 0 fully saturated rings. The number of ether oxygens (including phenoxy) is 1. The summed E-state index contributed by atoms with van der Waals surface area (Å²) < 4.78 is 6.04. The number of carbonyl (C=O) groups excluding carboxylic acids is 1. The molecule has 1 aliphatic rings. The van der Waals surface area contributed by atoms with Crippen molar-refractivity contribution in [3.8, 4) is 0 Å². The molecule has 3 rings (SSSR count). The van der Waals surface area contributed by atoms with Gasteiger partial charge >= 0.3 is 0 Å². The molecule has 0 spiro atoms. The van der Waals surface area contributed by atoms with Crippen LogP contribution in [0, 0.1) is 0 Å². The molecule has 2 aromatic rings. The lowest BCUT2D eigenvalue weighted by atomic mass is 9.89. The van der Waals surface area contributed by atoms with E-state index in [9.17, 15) is 4.79 Å². The van der Waals surface area contributed by atoms with Gasteiger partial charge in [0.15, 0.2) is 0 Å². The van der Waals surface area contributed by atoms with Crippen molar-refractivity contribution in [3.63, 3.8) is 0 Å². The minimum absolute atomic E-state index is 0. The maximum absolute atomic E-state index is 12.0. The zero-order valence-electron chi connectivity index (χ0n) is 14.2. The average molecular weight is 361 g/mol. The molecule has 1 aliphatic carbocycles. The molecule has 0 saturated carbocycles. The van der Waals surface area contributed by atoms with Crippen molar-refractivity contribution in [2.45, 2.75) is 31.8 Å². The minimum Gasteiger partial charge on any atom is -0.399 e. The SMILES string of the molecule is Cl.Nc1cccc(C(=O)NCCCOC2CCCc3ccccc32)c1. The molecule has 3 N–H and O–H groups in total. The fourth-order valence-electron chi connectivity index (χ4n) is 3.16. The van der Waals surface area contributed by atoms with E-state index >= 15 is 0 Å². The molecule has 0 aliphatic heterocycles. The third-order valence-corrected chi connectivity index (χ3v) is 4.39. The smallest absolute Gasteiger partial charge is 0.251 e. The third kappa shape index (κ3) is 5.21. The standard InChI is InChI=1S/C20H24N2O2.ClH/c21-17-9-3-8-16(14-17)20(23)22-12-5-13-24-19-11-4-7-15-6-1-2-10-18(15)19;/h1-3,6,8-10,14,19H,4-5,7,11-13,21H2,(H,22,23);1H. The molecule has 1 atom stereocenters. The number of hydrogen-bond acceptors (Lipinski definition) is 3. The van der Waals surface area contributed by atoms with Crippen LogP contribution in [0.2, 0.25) is 0 Å². The molecular weight excluding hydrogens is 336 g/mol. The summed E-state index contributed by atoms with van der Waals surface area (Å²) >= 11 is 0. The number of amides is 1. The number of hydrogen-bond donors (Lipinski definition) is 2. The maximum atomic E-state index is 12.0. The van der Waals surface area contributed by atoms with Gasteiger partial charge in [-0.3, -0.25) is 4.79 Å². The predicted molar refractivity (Wildman–Crippen MR) is 103 cm³/mol. The second-order valence-electron chi connectivity index (χ2n) is 6.19. The fourth-order valence-corrected chi connectivity index (χ4v) is 3.16. The van der Waals surface area contributed by atoms with Crippen molar-refractivity contribution < 1.29 is 9.53 Å². The van der Waals surface area contributed by atoms with Crippen molar-refractivity contribution in [1.82, 2.24) is 5.32 Å². The normalized spacial score (nSPS) is 15.8. The first-order chi connectivity index (χ1) is 11.7. The Morgan fingerprint density at radius 1 is 1.20 bits per heavy atom. The van der Waals surface area contributed by atoms with Crippen LogP contribution in [0.1, 0.15) is 46.9 Å². The number of nitrogens with two attached hydrogens (primary N) is 1. The number of aryl methyl sites for hydroxylation is 1. The van der Waals surface area contributed by atoms with E-state index in [1.165, 1.54) is 17.5 Å². The summed E-state index contributed by atoms with van der Waals surface area (Å²) in [5.74, 6) is -0.0923. The Labute approximate surface area is 155 Å². The van der Waals surface area contributed by atoms with Gasteiger partial charge in [0.2, 0.25) is 0 Å². The summed E-state index contributed by atoms with van der Waals surface area (Å²) in [6, 6.07) is 15.5. The fraction of sp³-hybridized carbons (Fsp3) is 0.350. The lowest BCUT2D eigenvalue weighted by Crippen LogP contribution is -2.25. The molecule has 0 bridgehead atoms. The van der Waals surface area contributed by atoms with Crippen LogP contribution in [-0.2, 0) is 11.2 Å². The largest absolute Gasteiger partial charge is 0.399 e. The molecule has 0 saturated heterocycles. The Balaban J connectivity index is 0.00000225. The summed E-state index contributed by atoms with van der Waals surface area (Å²) in [5, 5.41) is 2.91. The van der Waals surface area contributed by atoms with Gasteiger partial charge < -0.3 is 15.8 Å².